The molecule has 0 bridgehead atoms. The van der Waals surface area contributed by atoms with E-state index in [2.05, 4.69) is 20.4 Å². The zero-order valence-electron chi connectivity index (χ0n) is 19.9. The molecule has 9 nitrogen and oxygen atoms in total. The Hall–Kier alpha value is -2.73. The van der Waals surface area contributed by atoms with Crippen molar-refractivity contribution in [1.82, 2.24) is 20.4 Å². The van der Waals surface area contributed by atoms with E-state index >= 15 is 0 Å². The van der Waals surface area contributed by atoms with Gasteiger partial charge in [-0.3, -0.25) is 14.4 Å². The molecule has 1 N–H and O–H groups in total. The summed E-state index contributed by atoms with van der Waals surface area (Å²) in [7, 11) is 0. The third kappa shape index (κ3) is 5.80. The highest BCUT2D eigenvalue weighted by Gasteiger charge is 2.38. The summed E-state index contributed by atoms with van der Waals surface area (Å²) >= 11 is 2.87. The van der Waals surface area contributed by atoms with Gasteiger partial charge in [0.2, 0.25) is 22.9 Å². The molecule has 5 rings (SSSR count). The first-order valence-corrected chi connectivity index (χ1v) is 14.1. The van der Waals surface area contributed by atoms with E-state index in [4.69, 9.17) is 0 Å². The SMILES string of the molecule is O=C(CSc1nnc(N2CCN(C(=O)C3CC(=O)N(c4ccc(F)cc4)C3)CC2)s1)NC1CCCC1. The van der Waals surface area contributed by atoms with Crippen LogP contribution in [0.3, 0.4) is 0 Å². The highest BCUT2D eigenvalue weighted by atomic mass is 32.2. The minimum absolute atomic E-state index is 0.0191. The van der Waals surface area contributed by atoms with E-state index in [1.807, 2.05) is 4.90 Å². The second-order valence-electron chi connectivity index (χ2n) is 9.38. The highest BCUT2D eigenvalue weighted by molar-refractivity contribution is 8.01. The van der Waals surface area contributed by atoms with Crippen molar-refractivity contribution < 1.29 is 18.8 Å². The maximum atomic E-state index is 13.2. The van der Waals surface area contributed by atoms with Gasteiger partial charge in [-0.15, -0.1) is 10.2 Å². The molecule has 1 unspecified atom stereocenters. The van der Waals surface area contributed by atoms with Gasteiger partial charge in [0.1, 0.15) is 5.82 Å². The van der Waals surface area contributed by atoms with Gasteiger partial charge < -0.3 is 20.0 Å². The summed E-state index contributed by atoms with van der Waals surface area (Å²) in [6, 6.07) is 6.08. The zero-order chi connectivity index (χ0) is 25.1. The lowest BCUT2D eigenvalue weighted by molar-refractivity contribution is -0.136. The lowest BCUT2D eigenvalue weighted by atomic mass is 10.1. The number of nitrogens with zero attached hydrogens (tertiary/aromatic N) is 5. The fraction of sp³-hybridized carbons (Fsp3) is 0.542. The summed E-state index contributed by atoms with van der Waals surface area (Å²) in [5, 5.41) is 12.4. The average molecular weight is 533 g/mol. The van der Waals surface area contributed by atoms with Crippen LogP contribution in [0.5, 0.6) is 0 Å². The van der Waals surface area contributed by atoms with Gasteiger partial charge in [-0.1, -0.05) is 35.9 Å². The number of halogens is 1. The Balaban J connectivity index is 1.08. The maximum absolute atomic E-state index is 13.2. The van der Waals surface area contributed by atoms with Crippen molar-refractivity contribution in [2.24, 2.45) is 5.92 Å². The molecule has 0 radical (unpaired) electrons. The lowest BCUT2D eigenvalue weighted by Gasteiger charge is -2.35. The van der Waals surface area contributed by atoms with E-state index in [9.17, 15) is 18.8 Å². The predicted octanol–water partition coefficient (Wildman–Crippen LogP) is 2.53. The van der Waals surface area contributed by atoms with Crippen molar-refractivity contribution >= 4 is 51.6 Å². The minimum atomic E-state index is -0.394. The molecule has 1 aromatic heterocycles. The van der Waals surface area contributed by atoms with E-state index < -0.39 is 5.92 Å². The van der Waals surface area contributed by atoms with E-state index in [1.54, 1.807) is 17.0 Å². The van der Waals surface area contributed by atoms with Gasteiger partial charge in [0.15, 0.2) is 4.34 Å². The smallest absolute Gasteiger partial charge is 0.230 e. The van der Waals surface area contributed by atoms with Crippen LogP contribution in [-0.2, 0) is 14.4 Å². The molecule has 12 heteroatoms. The van der Waals surface area contributed by atoms with Crippen molar-refractivity contribution in [2.75, 3.05) is 48.3 Å². The summed E-state index contributed by atoms with van der Waals surface area (Å²) in [5.41, 5.74) is 0.613. The molecule has 2 aromatic rings. The van der Waals surface area contributed by atoms with Crippen molar-refractivity contribution in [1.29, 1.82) is 0 Å². The fourth-order valence-electron chi connectivity index (χ4n) is 4.98. The van der Waals surface area contributed by atoms with Crippen LogP contribution in [0.25, 0.3) is 0 Å². The third-order valence-electron chi connectivity index (χ3n) is 6.92. The average Bonchev–Trinajstić information content (AvgIpc) is 3.65. The molecule has 3 amide bonds. The van der Waals surface area contributed by atoms with E-state index in [1.165, 1.54) is 48.1 Å². The topological polar surface area (TPSA) is 98.7 Å². The van der Waals surface area contributed by atoms with Crippen LogP contribution >= 0.6 is 23.1 Å². The predicted molar refractivity (Wildman–Crippen MR) is 137 cm³/mol. The number of anilines is 2. The number of nitrogens with one attached hydrogen (secondary N) is 1. The second kappa shape index (κ2) is 11.1. The van der Waals surface area contributed by atoms with Crippen LogP contribution in [0.15, 0.2) is 28.6 Å². The van der Waals surface area contributed by atoms with Crippen LogP contribution in [-0.4, -0.2) is 77.3 Å². The quantitative estimate of drug-likeness (QED) is 0.547. The Morgan fingerprint density at radius 2 is 1.81 bits per heavy atom. The van der Waals surface area contributed by atoms with Gasteiger partial charge in [0.25, 0.3) is 0 Å². The van der Waals surface area contributed by atoms with Crippen molar-refractivity contribution in [3.63, 3.8) is 0 Å². The van der Waals surface area contributed by atoms with Gasteiger partial charge in [0.05, 0.1) is 11.7 Å². The molecule has 3 fully saturated rings. The monoisotopic (exact) mass is 532 g/mol. The number of amides is 3. The Labute approximate surface area is 217 Å². The summed E-state index contributed by atoms with van der Waals surface area (Å²) < 4.78 is 14.0. The molecular formula is C24H29FN6O3S2. The van der Waals surface area contributed by atoms with Gasteiger partial charge in [-0.2, -0.15) is 0 Å². The van der Waals surface area contributed by atoms with Crippen molar-refractivity contribution in [3.05, 3.63) is 30.1 Å². The van der Waals surface area contributed by atoms with Crippen molar-refractivity contribution in [3.8, 4) is 0 Å². The number of carbonyl (C=O) groups is 3. The van der Waals surface area contributed by atoms with Crippen LogP contribution in [0.1, 0.15) is 32.1 Å². The highest BCUT2D eigenvalue weighted by Crippen LogP contribution is 2.30. The molecule has 3 aliphatic rings. The van der Waals surface area contributed by atoms with E-state index in [0.717, 1.165) is 22.3 Å². The number of hydrogen-bond donors (Lipinski definition) is 1. The number of piperazine rings is 1. The molecule has 36 heavy (non-hydrogen) atoms. The molecule has 3 heterocycles. The number of carbonyl (C=O) groups excluding carboxylic acids is 3. The fourth-order valence-corrected chi connectivity index (χ4v) is 6.68. The van der Waals surface area contributed by atoms with E-state index in [0.29, 0.717) is 50.2 Å². The lowest BCUT2D eigenvalue weighted by Crippen LogP contribution is -2.50. The molecular weight excluding hydrogens is 503 g/mol. The Morgan fingerprint density at radius 1 is 1.08 bits per heavy atom. The van der Waals surface area contributed by atoms with Crippen LogP contribution in [0, 0.1) is 11.7 Å². The molecule has 192 valence electrons. The van der Waals surface area contributed by atoms with Gasteiger partial charge in [0, 0.05) is 50.9 Å². The van der Waals surface area contributed by atoms with Crippen LogP contribution < -0.4 is 15.1 Å². The second-order valence-corrected chi connectivity index (χ2v) is 11.6. The molecule has 2 saturated heterocycles. The first kappa shape index (κ1) is 24.9. The number of benzene rings is 1. The van der Waals surface area contributed by atoms with Crippen molar-refractivity contribution in [2.45, 2.75) is 42.5 Å². The molecule has 1 atom stereocenters. The Morgan fingerprint density at radius 3 is 2.53 bits per heavy atom. The molecule has 1 aliphatic carbocycles. The number of hydrogen-bond acceptors (Lipinski definition) is 8. The van der Waals surface area contributed by atoms with Gasteiger partial charge in [-0.25, -0.2) is 4.39 Å². The van der Waals surface area contributed by atoms with Gasteiger partial charge in [-0.05, 0) is 37.1 Å². The van der Waals surface area contributed by atoms with Gasteiger partial charge >= 0.3 is 0 Å². The minimum Gasteiger partial charge on any atom is -0.353 e. The Kier molecular flexibility index (Phi) is 7.70. The standard InChI is InChI=1S/C24H29FN6O3S2/c25-17-5-7-19(8-6-17)31-14-16(13-21(31)33)22(34)29-9-11-30(12-10-29)23-27-28-24(36-23)35-15-20(32)26-18-3-1-2-4-18/h5-8,16,18H,1-4,9-15H2,(H,26,32). The number of aromatic nitrogens is 2. The summed E-state index contributed by atoms with van der Waals surface area (Å²) in [6.07, 6.45) is 4.67. The summed E-state index contributed by atoms with van der Waals surface area (Å²) in [6.45, 7) is 2.68. The van der Waals surface area contributed by atoms with Crippen LogP contribution in [0.2, 0.25) is 0 Å². The summed E-state index contributed by atoms with van der Waals surface area (Å²) in [5.74, 6) is -0.513. The molecule has 2 aliphatic heterocycles. The van der Waals surface area contributed by atoms with Crippen LogP contribution in [0.4, 0.5) is 15.2 Å². The zero-order valence-corrected chi connectivity index (χ0v) is 21.5. The van der Waals surface area contributed by atoms with E-state index in [-0.39, 0.29) is 30.0 Å². The maximum Gasteiger partial charge on any atom is 0.230 e. The first-order valence-electron chi connectivity index (χ1n) is 12.3. The summed E-state index contributed by atoms with van der Waals surface area (Å²) in [4.78, 5) is 43.2. The Bertz CT molecular complexity index is 1100. The number of thioether (sulfide) groups is 1. The number of rotatable bonds is 7. The third-order valence-corrected chi connectivity index (χ3v) is 9.03. The normalized spacial score (nSPS) is 20.9. The molecule has 0 spiro atoms. The molecule has 1 saturated carbocycles. The first-order chi connectivity index (χ1) is 17.5. The largest absolute Gasteiger partial charge is 0.353 e. The molecule has 1 aromatic carbocycles.